The lowest BCUT2D eigenvalue weighted by Crippen LogP contribution is -2.24. The second kappa shape index (κ2) is 3.86. The largest absolute Gasteiger partial charge is 0.354 e. The van der Waals surface area contributed by atoms with E-state index in [-0.39, 0.29) is 11.9 Å². The quantitative estimate of drug-likeness (QED) is 0.799. The highest BCUT2D eigenvalue weighted by Crippen LogP contribution is 2.36. The van der Waals surface area contributed by atoms with Crippen molar-refractivity contribution < 1.29 is 4.39 Å². The van der Waals surface area contributed by atoms with Crippen LogP contribution < -0.4 is 5.32 Å². The van der Waals surface area contributed by atoms with E-state index < -0.39 is 0 Å². The standard InChI is InChI=1S/C13H12FN3/c14-12-5-9(6-15)1-3-11(12)13-4-2-10-7-16-8-17(10)13/h1-3,5,13,16H,4,7-8H2/t13-/m1/s1. The number of benzene rings is 1. The van der Waals surface area contributed by atoms with Crippen LogP contribution in [0.25, 0.3) is 0 Å². The Labute approximate surface area is 99.2 Å². The average molecular weight is 229 g/mol. The number of fused-ring (bicyclic) bond motifs is 1. The van der Waals surface area contributed by atoms with Gasteiger partial charge in [0.15, 0.2) is 0 Å². The first-order valence-corrected chi connectivity index (χ1v) is 5.65. The summed E-state index contributed by atoms with van der Waals surface area (Å²) in [4.78, 5) is 2.18. The molecule has 1 aromatic rings. The average Bonchev–Trinajstić information content (AvgIpc) is 2.91. The molecule has 86 valence electrons. The number of rotatable bonds is 1. The number of nitriles is 1. The van der Waals surface area contributed by atoms with Crippen molar-refractivity contribution in [1.29, 1.82) is 5.26 Å². The fraction of sp³-hybridized carbons (Fsp3) is 0.308. The minimum absolute atomic E-state index is 0.0766. The van der Waals surface area contributed by atoms with Crippen molar-refractivity contribution >= 4 is 0 Å². The molecule has 0 spiro atoms. The zero-order chi connectivity index (χ0) is 11.8. The van der Waals surface area contributed by atoms with Gasteiger partial charge in [-0.2, -0.15) is 5.26 Å². The molecule has 3 rings (SSSR count). The van der Waals surface area contributed by atoms with Crippen molar-refractivity contribution in [3.63, 3.8) is 0 Å². The van der Waals surface area contributed by atoms with Gasteiger partial charge in [0.2, 0.25) is 0 Å². The number of nitrogens with one attached hydrogen (secondary N) is 1. The van der Waals surface area contributed by atoms with Crippen LogP contribution in [0.3, 0.4) is 0 Å². The van der Waals surface area contributed by atoms with Gasteiger partial charge in [0.05, 0.1) is 24.3 Å². The maximum Gasteiger partial charge on any atom is 0.129 e. The molecule has 1 atom stereocenters. The van der Waals surface area contributed by atoms with E-state index in [1.165, 1.54) is 11.8 Å². The zero-order valence-corrected chi connectivity index (χ0v) is 9.28. The van der Waals surface area contributed by atoms with Crippen LogP contribution in [0.5, 0.6) is 0 Å². The third-order valence-electron chi connectivity index (χ3n) is 3.40. The maximum atomic E-state index is 13.9. The van der Waals surface area contributed by atoms with Crippen molar-refractivity contribution in [2.24, 2.45) is 0 Å². The Morgan fingerprint density at radius 3 is 3.12 bits per heavy atom. The van der Waals surface area contributed by atoms with Crippen molar-refractivity contribution in [2.45, 2.75) is 12.5 Å². The molecule has 0 amide bonds. The topological polar surface area (TPSA) is 39.1 Å². The molecule has 3 nitrogen and oxygen atoms in total. The minimum atomic E-state index is -0.282. The summed E-state index contributed by atoms with van der Waals surface area (Å²) in [5, 5.41) is 12.0. The first kappa shape index (κ1) is 10.3. The van der Waals surface area contributed by atoms with E-state index in [2.05, 4.69) is 16.3 Å². The van der Waals surface area contributed by atoms with Crippen LogP contribution in [0.2, 0.25) is 0 Å². The van der Waals surface area contributed by atoms with Gasteiger partial charge in [-0.3, -0.25) is 5.32 Å². The predicted octanol–water partition coefficient (Wildman–Crippen LogP) is 1.89. The van der Waals surface area contributed by atoms with E-state index in [9.17, 15) is 4.39 Å². The third-order valence-corrected chi connectivity index (χ3v) is 3.40. The van der Waals surface area contributed by atoms with Crippen molar-refractivity contribution in [3.8, 4) is 6.07 Å². The van der Waals surface area contributed by atoms with E-state index in [0.29, 0.717) is 11.1 Å². The van der Waals surface area contributed by atoms with Crippen molar-refractivity contribution in [1.82, 2.24) is 10.2 Å². The fourth-order valence-corrected chi connectivity index (χ4v) is 2.54. The van der Waals surface area contributed by atoms with E-state index in [1.807, 2.05) is 6.07 Å². The summed E-state index contributed by atoms with van der Waals surface area (Å²) in [6.45, 7) is 1.64. The molecule has 1 N–H and O–H groups in total. The summed E-state index contributed by atoms with van der Waals surface area (Å²) in [5.74, 6) is -0.282. The van der Waals surface area contributed by atoms with Gasteiger partial charge in [0.25, 0.3) is 0 Å². The van der Waals surface area contributed by atoms with Gasteiger partial charge >= 0.3 is 0 Å². The highest BCUT2D eigenvalue weighted by Gasteiger charge is 2.31. The smallest absolute Gasteiger partial charge is 0.129 e. The minimum Gasteiger partial charge on any atom is -0.354 e. The zero-order valence-electron chi connectivity index (χ0n) is 9.28. The SMILES string of the molecule is N#Cc1ccc([C@H]2CC=C3CNCN32)c(F)c1. The highest BCUT2D eigenvalue weighted by molar-refractivity contribution is 5.36. The predicted molar refractivity (Wildman–Crippen MR) is 61.3 cm³/mol. The van der Waals surface area contributed by atoms with Gasteiger partial charge in [0, 0.05) is 17.8 Å². The molecule has 0 unspecified atom stereocenters. The summed E-state index contributed by atoms with van der Waals surface area (Å²) in [6.07, 6.45) is 3.00. The molecular weight excluding hydrogens is 217 g/mol. The number of hydrogen-bond acceptors (Lipinski definition) is 3. The lowest BCUT2D eigenvalue weighted by molar-refractivity contribution is 0.303. The summed E-state index contributed by atoms with van der Waals surface area (Å²) >= 11 is 0. The summed E-state index contributed by atoms with van der Waals surface area (Å²) in [7, 11) is 0. The van der Waals surface area contributed by atoms with Crippen LogP contribution in [-0.4, -0.2) is 18.1 Å². The molecule has 0 aliphatic carbocycles. The van der Waals surface area contributed by atoms with Crippen molar-refractivity contribution in [2.75, 3.05) is 13.2 Å². The molecule has 1 fully saturated rings. The first-order chi connectivity index (χ1) is 8.29. The van der Waals surface area contributed by atoms with Crippen LogP contribution in [0.4, 0.5) is 4.39 Å². The Kier molecular flexibility index (Phi) is 2.34. The second-order valence-electron chi connectivity index (χ2n) is 4.35. The van der Waals surface area contributed by atoms with Crippen molar-refractivity contribution in [3.05, 3.63) is 46.9 Å². The van der Waals surface area contributed by atoms with E-state index in [4.69, 9.17) is 5.26 Å². The lowest BCUT2D eigenvalue weighted by atomic mass is 10.0. The molecule has 17 heavy (non-hydrogen) atoms. The third kappa shape index (κ3) is 1.60. The lowest BCUT2D eigenvalue weighted by Gasteiger charge is -2.24. The van der Waals surface area contributed by atoms with Gasteiger partial charge < -0.3 is 4.90 Å². The number of halogens is 1. The van der Waals surface area contributed by atoms with Gasteiger partial charge in [0.1, 0.15) is 5.82 Å². The first-order valence-electron chi connectivity index (χ1n) is 5.65. The van der Waals surface area contributed by atoms with Crippen LogP contribution in [-0.2, 0) is 0 Å². The summed E-state index contributed by atoms with van der Waals surface area (Å²) in [5.41, 5.74) is 2.30. The molecule has 2 aliphatic rings. The second-order valence-corrected chi connectivity index (χ2v) is 4.35. The normalized spacial score (nSPS) is 22.2. The summed E-state index contributed by atoms with van der Waals surface area (Å²) < 4.78 is 13.9. The van der Waals surface area contributed by atoms with Crippen LogP contribution in [0, 0.1) is 17.1 Å². The van der Waals surface area contributed by atoms with Gasteiger partial charge in [-0.15, -0.1) is 0 Å². The molecule has 2 heterocycles. The molecule has 0 aromatic heterocycles. The Morgan fingerprint density at radius 1 is 1.47 bits per heavy atom. The van der Waals surface area contributed by atoms with E-state index in [0.717, 1.165) is 19.6 Å². The number of hydrogen-bond donors (Lipinski definition) is 1. The fourth-order valence-electron chi connectivity index (χ4n) is 2.54. The van der Waals surface area contributed by atoms with Gasteiger partial charge in [-0.05, 0) is 18.6 Å². The Balaban J connectivity index is 1.93. The van der Waals surface area contributed by atoms with Gasteiger partial charge in [-0.25, -0.2) is 4.39 Å². The Bertz CT molecular complexity index is 530. The summed E-state index contributed by atoms with van der Waals surface area (Å²) in [6, 6.07) is 6.76. The highest BCUT2D eigenvalue weighted by atomic mass is 19.1. The molecule has 0 saturated carbocycles. The molecule has 1 saturated heterocycles. The van der Waals surface area contributed by atoms with Crippen LogP contribution in [0.15, 0.2) is 30.0 Å². The van der Waals surface area contributed by atoms with Crippen LogP contribution in [0.1, 0.15) is 23.6 Å². The molecular formula is C13H12FN3. The molecule has 2 aliphatic heterocycles. The van der Waals surface area contributed by atoms with E-state index >= 15 is 0 Å². The Morgan fingerprint density at radius 2 is 2.35 bits per heavy atom. The van der Waals surface area contributed by atoms with Gasteiger partial charge in [-0.1, -0.05) is 12.1 Å². The molecule has 0 bridgehead atoms. The molecule has 4 heteroatoms. The Hall–Kier alpha value is -1.86. The monoisotopic (exact) mass is 229 g/mol. The molecule has 1 aromatic carbocycles. The van der Waals surface area contributed by atoms with E-state index in [1.54, 1.807) is 12.1 Å². The van der Waals surface area contributed by atoms with Crippen LogP contribution >= 0.6 is 0 Å². The molecule has 0 radical (unpaired) electrons. The number of nitrogens with zero attached hydrogens (tertiary/aromatic N) is 2. The maximum absolute atomic E-state index is 13.9.